The van der Waals surface area contributed by atoms with E-state index < -0.39 is 0 Å². The second-order valence-corrected chi connectivity index (χ2v) is 6.00. The Balaban J connectivity index is 2.03. The maximum Gasteiger partial charge on any atom is 0.230 e. The molecular weight excluding hydrogens is 312 g/mol. The van der Waals surface area contributed by atoms with Gasteiger partial charge in [-0.1, -0.05) is 37.2 Å². The van der Waals surface area contributed by atoms with Gasteiger partial charge in [-0.05, 0) is 18.6 Å². The molecular formula is C16H22N4O2S. The van der Waals surface area contributed by atoms with Crippen molar-refractivity contribution in [3.8, 4) is 17.1 Å². The van der Waals surface area contributed by atoms with Gasteiger partial charge in [0.15, 0.2) is 11.0 Å². The second-order valence-electron chi connectivity index (χ2n) is 5.06. The van der Waals surface area contributed by atoms with Gasteiger partial charge in [0.1, 0.15) is 5.75 Å². The first-order chi connectivity index (χ1) is 11.2. The molecule has 0 aliphatic carbocycles. The normalized spacial score (nSPS) is 10.6. The molecule has 2 rings (SSSR count). The molecule has 0 unspecified atom stereocenters. The summed E-state index contributed by atoms with van der Waals surface area (Å²) >= 11 is 1.38. The minimum absolute atomic E-state index is 0.0188. The van der Waals surface area contributed by atoms with Crippen LogP contribution in [-0.2, 0) is 11.8 Å². The number of methoxy groups -OCH3 is 1. The number of unbranched alkanes of at least 4 members (excludes halogenated alkanes) is 1. The van der Waals surface area contributed by atoms with Crippen molar-refractivity contribution in [2.24, 2.45) is 7.05 Å². The Hall–Kier alpha value is -2.02. The second kappa shape index (κ2) is 8.57. The highest BCUT2D eigenvalue weighted by molar-refractivity contribution is 7.99. The summed E-state index contributed by atoms with van der Waals surface area (Å²) in [5.41, 5.74) is 0.879. The fraction of sp³-hybridized carbons (Fsp3) is 0.438. The van der Waals surface area contributed by atoms with Crippen molar-refractivity contribution >= 4 is 17.7 Å². The molecule has 0 aliphatic rings. The first kappa shape index (κ1) is 17.3. The highest BCUT2D eigenvalue weighted by atomic mass is 32.2. The molecule has 6 nitrogen and oxygen atoms in total. The van der Waals surface area contributed by atoms with Crippen LogP contribution in [0.1, 0.15) is 19.8 Å². The van der Waals surface area contributed by atoms with Crippen molar-refractivity contribution in [1.82, 2.24) is 20.1 Å². The van der Waals surface area contributed by atoms with Crippen LogP contribution in [0.4, 0.5) is 0 Å². The number of thioether (sulfide) groups is 1. The van der Waals surface area contributed by atoms with Crippen molar-refractivity contribution in [2.75, 3.05) is 19.4 Å². The average Bonchev–Trinajstić information content (AvgIpc) is 2.94. The summed E-state index contributed by atoms with van der Waals surface area (Å²) < 4.78 is 7.24. The van der Waals surface area contributed by atoms with Gasteiger partial charge in [0.25, 0.3) is 0 Å². The Morgan fingerprint density at radius 3 is 2.87 bits per heavy atom. The van der Waals surface area contributed by atoms with Crippen LogP contribution in [0.25, 0.3) is 11.4 Å². The van der Waals surface area contributed by atoms with E-state index in [4.69, 9.17) is 4.74 Å². The number of hydrogen-bond acceptors (Lipinski definition) is 5. The number of nitrogens with one attached hydrogen (secondary N) is 1. The molecule has 2 aromatic rings. The number of carbonyl (C=O) groups excluding carboxylic acids is 1. The van der Waals surface area contributed by atoms with Crippen molar-refractivity contribution in [3.05, 3.63) is 24.3 Å². The van der Waals surface area contributed by atoms with Gasteiger partial charge >= 0.3 is 0 Å². The maximum atomic E-state index is 11.8. The zero-order chi connectivity index (χ0) is 16.7. The van der Waals surface area contributed by atoms with Gasteiger partial charge in [0.05, 0.1) is 18.4 Å². The summed E-state index contributed by atoms with van der Waals surface area (Å²) in [4.78, 5) is 11.8. The van der Waals surface area contributed by atoms with Gasteiger partial charge in [-0.2, -0.15) is 0 Å². The fourth-order valence-electron chi connectivity index (χ4n) is 2.09. The number of ether oxygens (including phenoxy) is 1. The van der Waals surface area contributed by atoms with E-state index in [1.54, 1.807) is 7.11 Å². The molecule has 0 radical (unpaired) electrons. The molecule has 0 saturated heterocycles. The highest BCUT2D eigenvalue weighted by Gasteiger charge is 2.15. The standard InChI is InChI=1S/C16H22N4O2S/c1-4-5-10-17-14(21)11-23-16-19-18-15(20(16)2)12-8-6-7-9-13(12)22-3/h6-9H,4-5,10-11H2,1-3H3,(H,17,21). The Morgan fingerprint density at radius 2 is 2.13 bits per heavy atom. The number of aromatic nitrogens is 3. The molecule has 7 heteroatoms. The van der Waals surface area contributed by atoms with E-state index in [2.05, 4.69) is 22.4 Å². The van der Waals surface area contributed by atoms with E-state index in [-0.39, 0.29) is 5.91 Å². The lowest BCUT2D eigenvalue weighted by Gasteiger charge is -2.08. The first-order valence-electron chi connectivity index (χ1n) is 7.59. The highest BCUT2D eigenvalue weighted by Crippen LogP contribution is 2.29. The van der Waals surface area contributed by atoms with Crippen LogP contribution in [0.5, 0.6) is 5.75 Å². The molecule has 0 saturated carbocycles. The van der Waals surface area contributed by atoms with Gasteiger partial charge in [0.2, 0.25) is 5.91 Å². The van der Waals surface area contributed by atoms with E-state index in [1.165, 1.54) is 11.8 Å². The lowest BCUT2D eigenvalue weighted by Crippen LogP contribution is -2.26. The molecule has 23 heavy (non-hydrogen) atoms. The van der Waals surface area contributed by atoms with Gasteiger partial charge in [-0.25, -0.2) is 0 Å². The Bertz CT molecular complexity index is 657. The van der Waals surface area contributed by atoms with Crippen LogP contribution in [0, 0.1) is 0 Å². The lowest BCUT2D eigenvalue weighted by molar-refractivity contribution is -0.118. The quantitative estimate of drug-likeness (QED) is 0.593. The van der Waals surface area contributed by atoms with E-state index >= 15 is 0 Å². The Kier molecular flexibility index (Phi) is 6.46. The molecule has 1 aromatic heterocycles. The fourth-order valence-corrected chi connectivity index (χ4v) is 2.83. The number of nitrogens with zero attached hydrogens (tertiary/aromatic N) is 3. The summed E-state index contributed by atoms with van der Waals surface area (Å²) in [6, 6.07) is 7.67. The predicted octanol–water partition coefficient (Wildman–Crippen LogP) is 2.50. The summed E-state index contributed by atoms with van der Waals surface area (Å²) in [6.07, 6.45) is 2.07. The van der Waals surface area contributed by atoms with Crippen molar-refractivity contribution in [3.63, 3.8) is 0 Å². The third-order valence-electron chi connectivity index (χ3n) is 3.37. The number of rotatable bonds is 8. The number of para-hydroxylation sites is 1. The van der Waals surface area contributed by atoms with Gasteiger partial charge < -0.3 is 14.6 Å². The van der Waals surface area contributed by atoms with Crippen LogP contribution < -0.4 is 10.1 Å². The molecule has 0 fully saturated rings. The lowest BCUT2D eigenvalue weighted by atomic mass is 10.2. The average molecular weight is 334 g/mol. The van der Waals surface area contributed by atoms with E-state index in [0.717, 1.165) is 36.5 Å². The molecule has 0 aliphatic heterocycles. The third kappa shape index (κ3) is 4.48. The zero-order valence-corrected chi connectivity index (χ0v) is 14.5. The predicted molar refractivity (Wildman–Crippen MR) is 91.6 cm³/mol. The molecule has 1 amide bonds. The Morgan fingerprint density at radius 1 is 1.35 bits per heavy atom. The molecule has 124 valence electrons. The van der Waals surface area contributed by atoms with Crippen LogP contribution in [0.2, 0.25) is 0 Å². The number of benzene rings is 1. The van der Waals surface area contributed by atoms with E-state index in [9.17, 15) is 4.79 Å². The SMILES string of the molecule is CCCCNC(=O)CSc1nnc(-c2ccccc2OC)n1C. The molecule has 1 N–H and O–H groups in total. The monoisotopic (exact) mass is 334 g/mol. The maximum absolute atomic E-state index is 11.8. The third-order valence-corrected chi connectivity index (χ3v) is 4.39. The van der Waals surface area contributed by atoms with Crippen LogP contribution >= 0.6 is 11.8 Å². The molecule has 0 spiro atoms. The number of amides is 1. The first-order valence-corrected chi connectivity index (χ1v) is 8.58. The van der Waals surface area contributed by atoms with Crippen LogP contribution in [0.15, 0.2) is 29.4 Å². The smallest absolute Gasteiger partial charge is 0.230 e. The van der Waals surface area contributed by atoms with Gasteiger partial charge in [0, 0.05) is 13.6 Å². The van der Waals surface area contributed by atoms with Gasteiger partial charge in [-0.15, -0.1) is 10.2 Å². The summed E-state index contributed by atoms with van der Waals surface area (Å²) in [5.74, 6) is 1.82. The van der Waals surface area contributed by atoms with Gasteiger partial charge in [-0.3, -0.25) is 4.79 Å². The van der Waals surface area contributed by atoms with E-state index in [0.29, 0.717) is 10.9 Å². The topological polar surface area (TPSA) is 69.0 Å². The number of hydrogen-bond donors (Lipinski definition) is 1. The van der Waals surface area contributed by atoms with Crippen molar-refractivity contribution in [1.29, 1.82) is 0 Å². The molecule has 1 aromatic carbocycles. The largest absolute Gasteiger partial charge is 0.496 e. The minimum atomic E-state index is 0.0188. The van der Waals surface area contributed by atoms with Crippen molar-refractivity contribution < 1.29 is 9.53 Å². The summed E-state index contributed by atoms with van der Waals surface area (Å²) in [7, 11) is 3.52. The van der Waals surface area contributed by atoms with Crippen LogP contribution in [-0.4, -0.2) is 40.1 Å². The molecule has 0 bridgehead atoms. The van der Waals surface area contributed by atoms with Crippen LogP contribution in [0.3, 0.4) is 0 Å². The van der Waals surface area contributed by atoms with E-state index in [1.807, 2.05) is 35.9 Å². The zero-order valence-electron chi connectivity index (χ0n) is 13.7. The molecule has 1 heterocycles. The van der Waals surface area contributed by atoms with Crippen molar-refractivity contribution in [2.45, 2.75) is 24.9 Å². The number of carbonyl (C=O) groups is 1. The Labute approximate surface area is 140 Å². The summed E-state index contributed by atoms with van der Waals surface area (Å²) in [5, 5.41) is 12.0. The minimum Gasteiger partial charge on any atom is -0.496 e. The molecule has 0 atom stereocenters. The summed E-state index contributed by atoms with van der Waals surface area (Å²) in [6.45, 7) is 2.82.